The highest BCUT2D eigenvalue weighted by Gasteiger charge is 2.15. The summed E-state index contributed by atoms with van der Waals surface area (Å²) in [4.78, 5) is 12.6. The number of hydrogen-bond acceptors (Lipinski definition) is 3. The predicted octanol–water partition coefficient (Wildman–Crippen LogP) is 2.50. The van der Waals surface area contributed by atoms with Crippen LogP contribution in [0.1, 0.15) is 46.5 Å². The Balaban J connectivity index is 3.71. The number of nitrogens with zero attached hydrogens (tertiary/aromatic N) is 2. The van der Waals surface area contributed by atoms with Crippen LogP contribution in [0.5, 0.6) is 0 Å². The summed E-state index contributed by atoms with van der Waals surface area (Å²) in [5.74, 6) is -0.742. The molecule has 0 radical (unpaired) electrons. The molecule has 0 bridgehead atoms. The lowest BCUT2D eigenvalue weighted by Gasteiger charge is -2.20. The first-order chi connectivity index (χ1) is 7.91. The Bertz CT molecular complexity index is 269. The van der Waals surface area contributed by atoms with Gasteiger partial charge in [0.05, 0.1) is 17.9 Å². The highest BCUT2D eigenvalue weighted by Crippen LogP contribution is 2.21. The number of hydrogen-bond donors (Lipinski definition) is 1. The molecule has 4 nitrogen and oxygen atoms in total. The van der Waals surface area contributed by atoms with Crippen molar-refractivity contribution in [1.29, 1.82) is 5.26 Å². The van der Waals surface area contributed by atoms with Gasteiger partial charge in [0.25, 0.3) is 0 Å². The molecular formula is C13H24N2O2. The zero-order valence-electron chi connectivity index (χ0n) is 11.2. The number of carboxylic acids is 1. The van der Waals surface area contributed by atoms with Crippen LogP contribution in [0.2, 0.25) is 0 Å². The fourth-order valence-corrected chi connectivity index (χ4v) is 1.64. The van der Waals surface area contributed by atoms with Gasteiger partial charge >= 0.3 is 5.97 Å². The number of nitriles is 1. The Labute approximate surface area is 104 Å². The van der Waals surface area contributed by atoms with Crippen molar-refractivity contribution in [2.75, 3.05) is 19.6 Å². The summed E-state index contributed by atoms with van der Waals surface area (Å²) in [5.41, 5.74) is -0.238. The first kappa shape index (κ1) is 15.9. The first-order valence-electron chi connectivity index (χ1n) is 6.26. The van der Waals surface area contributed by atoms with E-state index in [2.05, 4.69) is 11.0 Å². The van der Waals surface area contributed by atoms with Gasteiger partial charge in [-0.25, -0.2) is 0 Å². The Morgan fingerprint density at radius 3 is 2.47 bits per heavy atom. The van der Waals surface area contributed by atoms with Crippen LogP contribution in [0.4, 0.5) is 0 Å². The van der Waals surface area contributed by atoms with E-state index >= 15 is 0 Å². The van der Waals surface area contributed by atoms with Gasteiger partial charge in [-0.05, 0) is 39.8 Å². The van der Waals surface area contributed by atoms with Crippen molar-refractivity contribution in [1.82, 2.24) is 4.90 Å². The topological polar surface area (TPSA) is 64.3 Å². The molecule has 98 valence electrons. The van der Waals surface area contributed by atoms with Gasteiger partial charge in [0, 0.05) is 6.54 Å². The molecule has 4 heteroatoms. The van der Waals surface area contributed by atoms with Crippen LogP contribution in [-0.4, -0.2) is 35.6 Å². The molecule has 0 unspecified atom stereocenters. The third kappa shape index (κ3) is 8.70. The highest BCUT2D eigenvalue weighted by molar-refractivity contribution is 5.66. The second-order valence-electron chi connectivity index (χ2n) is 5.03. The summed E-state index contributed by atoms with van der Waals surface area (Å²) in [5, 5.41) is 17.5. The first-order valence-corrected chi connectivity index (χ1v) is 6.26. The second kappa shape index (κ2) is 8.08. The molecule has 0 aliphatic heterocycles. The lowest BCUT2D eigenvalue weighted by molar-refractivity contribution is -0.137. The minimum Gasteiger partial charge on any atom is -0.481 e. The van der Waals surface area contributed by atoms with Crippen molar-refractivity contribution in [3.05, 3.63) is 0 Å². The van der Waals surface area contributed by atoms with E-state index in [0.717, 1.165) is 32.4 Å². The molecule has 0 amide bonds. The van der Waals surface area contributed by atoms with Gasteiger partial charge in [0.2, 0.25) is 0 Å². The molecule has 0 heterocycles. The molecule has 0 aromatic carbocycles. The Kier molecular flexibility index (Phi) is 7.56. The third-order valence-electron chi connectivity index (χ3n) is 2.92. The summed E-state index contributed by atoms with van der Waals surface area (Å²) < 4.78 is 0. The van der Waals surface area contributed by atoms with Crippen LogP contribution >= 0.6 is 0 Å². The largest absolute Gasteiger partial charge is 0.481 e. The molecule has 0 aliphatic rings. The summed E-state index contributed by atoms with van der Waals surface area (Å²) in [6.45, 7) is 8.37. The highest BCUT2D eigenvalue weighted by atomic mass is 16.4. The molecular weight excluding hydrogens is 216 g/mol. The van der Waals surface area contributed by atoms with E-state index in [1.54, 1.807) is 0 Å². The molecule has 0 spiro atoms. The maximum atomic E-state index is 10.5. The SMILES string of the molecule is CCN(CCCCC(C)(C)C#N)CCC(=O)O. The summed E-state index contributed by atoms with van der Waals surface area (Å²) in [6, 6.07) is 2.29. The number of aliphatic carboxylic acids is 1. The predicted molar refractivity (Wildman–Crippen MR) is 67.6 cm³/mol. The fraction of sp³-hybridized carbons (Fsp3) is 0.846. The minimum atomic E-state index is -0.742. The van der Waals surface area contributed by atoms with E-state index in [-0.39, 0.29) is 11.8 Å². The van der Waals surface area contributed by atoms with Crippen molar-refractivity contribution in [2.24, 2.45) is 5.41 Å². The lowest BCUT2D eigenvalue weighted by Crippen LogP contribution is -2.27. The van der Waals surface area contributed by atoms with Crippen LogP contribution in [0, 0.1) is 16.7 Å². The lowest BCUT2D eigenvalue weighted by atomic mass is 9.89. The number of carboxylic acid groups (broad SMARTS) is 1. The maximum Gasteiger partial charge on any atom is 0.304 e. The quantitative estimate of drug-likeness (QED) is 0.629. The van der Waals surface area contributed by atoms with Crippen molar-refractivity contribution < 1.29 is 9.90 Å². The molecule has 0 fully saturated rings. The fourth-order valence-electron chi connectivity index (χ4n) is 1.64. The Hall–Kier alpha value is -1.08. The smallest absolute Gasteiger partial charge is 0.304 e. The van der Waals surface area contributed by atoms with Crippen molar-refractivity contribution >= 4 is 5.97 Å². The zero-order chi connectivity index (χ0) is 13.3. The minimum absolute atomic E-state index is 0.206. The van der Waals surface area contributed by atoms with Gasteiger partial charge in [-0.2, -0.15) is 5.26 Å². The van der Waals surface area contributed by atoms with Crippen LogP contribution in [0.15, 0.2) is 0 Å². The average molecular weight is 240 g/mol. The van der Waals surface area contributed by atoms with Crippen LogP contribution in [0.25, 0.3) is 0 Å². The van der Waals surface area contributed by atoms with E-state index in [1.807, 2.05) is 20.8 Å². The van der Waals surface area contributed by atoms with E-state index < -0.39 is 5.97 Å². The second-order valence-corrected chi connectivity index (χ2v) is 5.03. The zero-order valence-corrected chi connectivity index (χ0v) is 11.2. The summed E-state index contributed by atoms with van der Waals surface area (Å²) >= 11 is 0. The van der Waals surface area contributed by atoms with E-state index in [0.29, 0.717) is 6.54 Å². The molecule has 0 saturated heterocycles. The van der Waals surface area contributed by atoms with E-state index in [1.165, 1.54) is 0 Å². The monoisotopic (exact) mass is 240 g/mol. The summed E-state index contributed by atoms with van der Waals surface area (Å²) in [7, 11) is 0. The molecule has 0 atom stereocenters. The molecule has 0 saturated carbocycles. The summed E-state index contributed by atoms with van der Waals surface area (Å²) in [6.07, 6.45) is 3.15. The van der Waals surface area contributed by atoms with Crippen LogP contribution in [0.3, 0.4) is 0 Å². The van der Waals surface area contributed by atoms with E-state index in [9.17, 15) is 4.79 Å². The molecule has 0 aromatic rings. The van der Waals surface area contributed by atoms with Gasteiger partial charge in [0.15, 0.2) is 0 Å². The number of carbonyl (C=O) groups is 1. The van der Waals surface area contributed by atoms with Gasteiger partial charge in [0.1, 0.15) is 0 Å². The van der Waals surface area contributed by atoms with E-state index in [4.69, 9.17) is 10.4 Å². The third-order valence-corrected chi connectivity index (χ3v) is 2.92. The normalized spacial score (nSPS) is 11.5. The molecule has 0 aromatic heterocycles. The molecule has 17 heavy (non-hydrogen) atoms. The maximum absolute atomic E-state index is 10.5. The van der Waals surface area contributed by atoms with Crippen molar-refractivity contribution in [3.63, 3.8) is 0 Å². The number of unbranched alkanes of at least 4 members (excludes halogenated alkanes) is 1. The van der Waals surface area contributed by atoms with Crippen LogP contribution in [-0.2, 0) is 4.79 Å². The van der Waals surface area contributed by atoms with Gasteiger partial charge in [-0.15, -0.1) is 0 Å². The Morgan fingerprint density at radius 2 is 2.00 bits per heavy atom. The van der Waals surface area contributed by atoms with Crippen molar-refractivity contribution in [3.8, 4) is 6.07 Å². The van der Waals surface area contributed by atoms with Gasteiger partial charge < -0.3 is 10.0 Å². The molecule has 0 rings (SSSR count). The molecule has 0 aliphatic carbocycles. The standard InChI is InChI=1S/C13H24N2O2/c1-4-15(10-7-12(16)17)9-6-5-8-13(2,3)11-14/h4-10H2,1-3H3,(H,16,17). The van der Waals surface area contributed by atoms with Gasteiger partial charge in [-0.3, -0.25) is 4.79 Å². The average Bonchev–Trinajstić information content (AvgIpc) is 2.28. The number of rotatable bonds is 9. The van der Waals surface area contributed by atoms with Gasteiger partial charge in [-0.1, -0.05) is 13.3 Å². The molecule has 1 N–H and O–H groups in total. The van der Waals surface area contributed by atoms with Crippen molar-refractivity contribution in [2.45, 2.75) is 46.5 Å². The Morgan fingerprint density at radius 1 is 1.35 bits per heavy atom. The van der Waals surface area contributed by atoms with Crippen LogP contribution < -0.4 is 0 Å².